The van der Waals surface area contributed by atoms with E-state index < -0.39 is 51.6 Å². The van der Waals surface area contributed by atoms with Gasteiger partial charge < -0.3 is 14.2 Å². The molecule has 0 fully saturated rings. The number of sulfone groups is 1. The molecule has 0 aromatic heterocycles. The molecule has 16 heteroatoms. The van der Waals surface area contributed by atoms with Gasteiger partial charge in [-0.05, 0) is 28.8 Å². The van der Waals surface area contributed by atoms with Gasteiger partial charge in [-0.1, -0.05) is 72.8 Å². The highest BCUT2D eigenvalue weighted by atomic mass is 32.2. The maximum Gasteiger partial charge on any atom is 0.508 e. The number of carbonyl (C=O) groups excluding carboxylic acids is 2. The van der Waals surface area contributed by atoms with Crippen LogP contribution in [0.3, 0.4) is 0 Å². The van der Waals surface area contributed by atoms with E-state index in [2.05, 4.69) is 14.4 Å². The van der Waals surface area contributed by atoms with Crippen LogP contribution in [0.5, 0.6) is 0 Å². The van der Waals surface area contributed by atoms with Crippen LogP contribution in [0, 0.1) is 20.2 Å². The van der Waals surface area contributed by atoms with Crippen molar-refractivity contribution in [2.75, 3.05) is 19.5 Å². The van der Waals surface area contributed by atoms with E-state index in [1.807, 2.05) is 0 Å². The van der Waals surface area contributed by atoms with Crippen molar-refractivity contribution < 1.29 is 52.1 Å². The Bertz CT molecular complexity index is 1560. The first-order valence-electron chi connectivity index (χ1n) is 12.2. The van der Waals surface area contributed by atoms with Gasteiger partial charge in [-0.3, -0.25) is 9.68 Å². The zero-order valence-corrected chi connectivity index (χ0v) is 23.2. The molecule has 0 saturated heterocycles. The molecule has 0 N–H and O–H groups in total. The number of hydrogen-bond acceptors (Lipinski definition) is 13. The van der Waals surface area contributed by atoms with Crippen LogP contribution in [0.15, 0.2) is 89.8 Å². The Labute approximate surface area is 244 Å². The molecule has 0 saturated carbocycles. The Morgan fingerprint density at radius 1 is 0.767 bits per heavy atom. The van der Waals surface area contributed by atoms with Gasteiger partial charge in [0.1, 0.15) is 19.8 Å². The molecule has 3 aromatic carbocycles. The van der Waals surface area contributed by atoms with Gasteiger partial charge in [0, 0.05) is 11.8 Å². The van der Waals surface area contributed by atoms with E-state index in [0.29, 0.717) is 11.1 Å². The minimum Gasteiger partial charge on any atom is -0.457 e. The summed E-state index contributed by atoms with van der Waals surface area (Å²) < 4.78 is 39.4. The Balaban J connectivity index is 1.96. The van der Waals surface area contributed by atoms with E-state index in [0.717, 1.165) is 6.26 Å². The van der Waals surface area contributed by atoms with Crippen LogP contribution in [-0.4, -0.2) is 56.5 Å². The highest BCUT2D eigenvalue weighted by molar-refractivity contribution is 7.90. The fourth-order valence-electron chi connectivity index (χ4n) is 3.60. The summed E-state index contributed by atoms with van der Waals surface area (Å²) in [4.78, 5) is 54.8. The molecular weight excluding hydrogens is 592 g/mol. The summed E-state index contributed by atoms with van der Waals surface area (Å²) >= 11 is 0. The average molecular weight is 617 g/mol. The van der Waals surface area contributed by atoms with Crippen LogP contribution in [0.2, 0.25) is 0 Å². The average Bonchev–Trinajstić information content (AvgIpc) is 2.97. The lowest BCUT2D eigenvalue weighted by Gasteiger charge is -2.17. The monoisotopic (exact) mass is 616 g/mol. The van der Waals surface area contributed by atoms with Crippen molar-refractivity contribution >= 4 is 33.1 Å². The number of nitrogens with zero attached hydrogens (tertiary/aromatic N) is 2. The summed E-state index contributed by atoms with van der Waals surface area (Å²) in [6.45, 7) is -1.82. The normalized spacial score (nSPS) is 11.6. The molecule has 0 atom stereocenters. The lowest BCUT2D eigenvalue weighted by atomic mass is 9.95. The second-order valence-electron chi connectivity index (χ2n) is 8.52. The Kier molecular flexibility index (Phi) is 11.1. The number of benzene rings is 3. The lowest BCUT2D eigenvalue weighted by Crippen LogP contribution is -2.30. The van der Waals surface area contributed by atoms with Gasteiger partial charge in [0.15, 0.2) is 9.84 Å². The molecule has 0 bridgehead atoms. The van der Waals surface area contributed by atoms with Gasteiger partial charge >= 0.3 is 12.1 Å². The van der Waals surface area contributed by atoms with Gasteiger partial charge in [-0.2, -0.15) is 0 Å². The van der Waals surface area contributed by atoms with Crippen LogP contribution < -0.4 is 0 Å². The van der Waals surface area contributed by atoms with E-state index in [1.54, 1.807) is 60.7 Å². The second-order valence-corrected chi connectivity index (χ2v) is 10.5. The molecule has 0 aliphatic carbocycles. The molecule has 0 radical (unpaired) electrons. The van der Waals surface area contributed by atoms with Crippen molar-refractivity contribution in [1.82, 2.24) is 0 Å². The maximum atomic E-state index is 13.5. The second kappa shape index (κ2) is 14.9. The molecule has 3 aromatic rings. The molecule has 3 rings (SSSR count). The summed E-state index contributed by atoms with van der Waals surface area (Å²) in [6, 6.07) is 22.5. The Hall–Kier alpha value is -5.51. The predicted molar refractivity (Wildman–Crippen MR) is 146 cm³/mol. The third kappa shape index (κ3) is 10.1. The molecule has 0 aliphatic rings. The fraction of sp³-hybridized carbons (Fsp3) is 0.185. The first-order chi connectivity index (χ1) is 20.4. The maximum absolute atomic E-state index is 13.5. The zero-order chi connectivity index (χ0) is 31.4. The van der Waals surface area contributed by atoms with Crippen LogP contribution in [-0.2, 0) is 45.1 Å². The first-order valence-corrected chi connectivity index (χ1v) is 14.0. The first kappa shape index (κ1) is 32.0. The van der Waals surface area contributed by atoms with Crippen LogP contribution in [0.4, 0.5) is 4.79 Å². The van der Waals surface area contributed by atoms with Crippen molar-refractivity contribution in [2.24, 2.45) is 0 Å². The van der Waals surface area contributed by atoms with E-state index >= 15 is 0 Å². The molecule has 0 spiro atoms. The quantitative estimate of drug-likeness (QED) is 0.0635. The van der Waals surface area contributed by atoms with Gasteiger partial charge in [0.2, 0.25) is 0 Å². The SMILES string of the molecule is CS(=O)(=O)c1ccc(/C(COC(=O)OCC(O[N+](=O)[O-])O[N+](=O)[O-])=C(/C(=O)OCc2ccccc2)c2ccccc2)cc1. The summed E-state index contributed by atoms with van der Waals surface area (Å²) in [5.74, 6) is -0.798. The summed E-state index contributed by atoms with van der Waals surface area (Å²) in [7, 11) is -3.56. The number of ether oxygens (including phenoxy) is 3. The van der Waals surface area contributed by atoms with Crippen molar-refractivity contribution in [3.8, 4) is 0 Å². The van der Waals surface area contributed by atoms with Gasteiger partial charge in [-0.15, -0.1) is 20.2 Å². The van der Waals surface area contributed by atoms with Crippen molar-refractivity contribution in [1.29, 1.82) is 0 Å². The Morgan fingerprint density at radius 2 is 1.33 bits per heavy atom. The van der Waals surface area contributed by atoms with E-state index in [9.17, 15) is 38.2 Å². The number of carbonyl (C=O) groups is 2. The Morgan fingerprint density at radius 3 is 1.86 bits per heavy atom. The smallest absolute Gasteiger partial charge is 0.457 e. The van der Waals surface area contributed by atoms with Crippen LogP contribution >= 0.6 is 0 Å². The molecule has 0 unspecified atom stereocenters. The summed E-state index contributed by atoms with van der Waals surface area (Å²) in [5, 5.41) is 18.3. The van der Waals surface area contributed by atoms with Crippen molar-refractivity contribution in [2.45, 2.75) is 17.8 Å². The minimum absolute atomic E-state index is 0.00790. The molecule has 43 heavy (non-hydrogen) atoms. The molecule has 0 amide bonds. The van der Waals surface area contributed by atoms with Crippen molar-refractivity contribution in [3.63, 3.8) is 0 Å². The molecule has 15 nitrogen and oxygen atoms in total. The van der Waals surface area contributed by atoms with Gasteiger partial charge in [0.25, 0.3) is 16.5 Å². The van der Waals surface area contributed by atoms with Crippen LogP contribution in [0.25, 0.3) is 11.1 Å². The summed E-state index contributed by atoms with van der Waals surface area (Å²) in [6.07, 6.45) is -2.62. The topological polar surface area (TPSA) is 201 Å². The molecule has 0 heterocycles. The zero-order valence-electron chi connectivity index (χ0n) is 22.4. The van der Waals surface area contributed by atoms with E-state index in [-0.39, 0.29) is 28.2 Å². The third-order valence-electron chi connectivity index (χ3n) is 5.49. The molecule has 0 aliphatic heterocycles. The largest absolute Gasteiger partial charge is 0.508 e. The predicted octanol–water partition coefficient (Wildman–Crippen LogP) is 3.64. The van der Waals surface area contributed by atoms with Crippen molar-refractivity contribution in [3.05, 3.63) is 122 Å². The molecule has 226 valence electrons. The number of hydrogen-bond donors (Lipinski definition) is 0. The number of rotatable bonds is 14. The molecular formula is C27H24N2O13S. The highest BCUT2D eigenvalue weighted by Crippen LogP contribution is 2.29. The number of esters is 1. The summed E-state index contributed by atoms with van der Waals surface area (Å²) in [5.41, 5.74) is 1.41. The van der Waals surface area contributed by atoms with Crippen LogP contribution in [0.1, 0.15) is 16.7 Å². The van der Waals surface area contributed by atoms with E-state index in [1.165, 1.54) is 24.3 Å². The standard InChI is InChI=1S/C27H24N2O13S/c1-43(36,37)22-14-12-20(13-15-22)23(17-39-27(31)40-18-24(41-28(32)33)42-29(34)35)25(21-10-6-3-7-11-21)26(30)38-16-19-8-4-2-5-9-19/h2-15,24H,16-18H2,1H3/b25-23+. The minimum atomic E-state index is -3.56. The third-order valence-corrected chi connectivity index (χ3v) is 6.62. The van der Waals surface area contributed by atoms with Gasteiger partial charge in [-0.25, -0.2) is 18.0 Å². The highest BCUT2D eigenvalue weighted by Gasteiger charge is 2.24. The lowest BCUT2D eigenvalue weighted by molar-refractivity contribution is -0.851. The fourth-order valence-corrected chi connectivity index (χ4v) is 4.23. The van der Waals surface area contributed by atoms with Gasteiger partial charge in [0.05, 0.1) is 10.5 Å². The van der Waals surface area contributed by atoms with E-state index in [4.69, 9.17) is 9.47 Å².